The first-order valence-corrected chi connectivity index (χ1v) is 14.1. The zero-order valence-corrected chi connectivity index (χ0v) is 24.5. The van der Waals surface area contributed by atoms with Crippen molar-refractivity contribution in [1.82, 2.24) is 0 Å². The minimum Gasteiger partial charge on any atom is -0.507 e. The highest BCUT2D eigenvalue weighted by molar-refractivity contribution is 5.87. The standard InChI is InChI=1S/C38H36N2O2/c1-37(2,29-11-7-5-8-12-29)31-15-21-35(41)27(23-31)25-39-33-17-19-34(20-18-33)40-26-28-24-32(16-22-36(28)42)38(3,4)30-13-9-6-10-14-30/h5-26,41-42H,1-4H3. The van der Waals surface area contributed by atoms with Crippen molar-refractivity contribution in [3.05, 3.63) is 155 Å². The van der Waals surface area contributed by atoms with E-state index in [-0.39, 0.29) is 22.3 Å². The predicted molar refractivity (Wildman–Crippen MR) is 174 cm³/mol. The molecule has 0 fully saturated rings. The third kappa shape index (κ3) is 6.18. The van der Waals surface area contributed by atoms with Crippen LogP contribution in [0.5, 0.6) is 11.5 Å². The Kier molecular flexibility index (Phi) is 8.08. The van der Waals surface area contributed by atoms with Crippen molar-refractivity contribution in [2.24, 2.45) is 9.98 Å². The fourth-order valence-corrected chi connectivity index (χ4v) is 5.05. The van der Waals surface area contributed by atoms with Gasteiger partial charge in [0, 0.05) is 34.4 Å². The molecule has 0 unspecified atom stereocenters. The van der Waals surface area contributed by atoms with Gasteiger partial charge in [0.05, 0.1) is 11.4 Å². The molecule has 0 saturated carbocycles. The van der Waals surface area contributed by atoms with Crippen molar-refractivity contribution in [3.8, 4) is 11.5 Å². The molecule has 5 aromatic rings. The summed E-state index contributed by atoms with van der Waals surface area (Å²) in [5.74, 6) is 0.370. The van der Waals surface area contributed by atoms with E-state index in [1.54, 1.807) is 24.6 Å². The number of benzene rings is 5. The van der Waals surface area contributed by atoms with Gasteiger partial charge in [-0.2, -0.15) is 0 Å². The average Bonchev–Trinajstić information content (AvgIpc) is 3.01. The molecule has 0 aliphatic rings. The lowest BCUT2D eigenvalue weighted by Crippen LogP contribution is -2.18. The Labute approximate surface area is 248 Å². The summed E-state index contributed by atoms with van der Waals surface area (Å²) in [5, 5.41) is 21.0. The van der Waals surface area contributed by atoms with Crippen molar-refractivity contribution >= 4 is 23.8 Å². The molecular formula is C38H36N2O2. The maximum absolute atomic E-state index is 10.5. The maximum atomic E-state index is 10.5. The number of hydrogen-bond acceptors (Lipinski definition) is 4. The van der Waals surface area contributed by atoms with E-state index in [2.05, 4.69) is 61.9 Å². The fourth-order valence-electron chi connectivity index (χ4n) is 5.05. The first-order valence-electron chi connectivity index (χ1n) is 14.1. The molecule has 0 aliphatic carbocycles. The van der Waals surface area contributed by atoms with Crippen molar-refractivity contribution in [2.75, 3.05) is 0 Å². The summed E-state index contributed by atoms with van der Waals surface area (Å²) >= 11 is 0. The van der Waals surface area contributed by atoms with Crippen LogP contribution in [0.1, 0.15) is 61.1 Å². The molecule has 4 nitrogen and oxygen atoms in total. The lowest BCUT2D eigenvalue weighted by atomic mass is 9.77. The number of aromatic hydroxyl groups is 2. The van der Waals surface area contributed by atoms with Crippen molar-refractivity contribution in [1.29, 1.82) is 0 Å². The summed E-state index contributed by atoms with van der Waals surface area (Å²) in [5.41, 5.74) is 6.97. The van der Waals surface area contributed by atoms with Gasteiger partial charge in [-0.3, -0.25) is 9.98 Å². The minimum atomic E-state index is -0.220. The van der Waals surface area contributed by atoms with E-state index in [0.717, 1.165) is 22.5 Å². The van der Waals surface area contributed by atoms with Gasteiger partial charge in [0.1, 0.15) is 11.5 Å². The van der Waals surface area contributed by atoms with Crippen LogP contribution in [0.3, 0.4) is 0 Å². The second-order valence-electron chi connectivity index (χ2n) is 11.6. The van der Waals surface area contributed by atoms with Crippen molar-refractivity contribution < 1.29 is 10.2 Å². The van der Waals surface area contributed by atoms with Gasteiger partial charge in [-0.05, 0) is 70.8 Å². The van der Waals surface area contributed by atoms with Gasteiger partial charge in [-0.25, -0.2) is 0 Å². The van der Waals surface area contributed by atoms with E-state index in [9.17, 15) is 10.2 Å². The third-order valence-corrected chi connectivity index (χ3v) is 8.04. The second-order valence-corrected chi connectivity index (χ2v) is 11.6. The zero-order chi connectivity index (χ0) is 29.7. The Morgan fingerprint density at radius 2 is 0.810 bits per heavy atom. The number of hydrogen-bond donors (Lipinski definition) is 2. The first kappa shape index (κ1) is 28.6. The molecule has 0 heterocycles. The molecule has 0 amide bonds. The molecule has 5 rings (SSSR count). The third-order valence-electron chi connectivity index (χ3n) is 8.04. The van der Waals surface area contributed by atoms with Crippen LogP contribution in [0.25, 0.3) is 0 Å². The number of phenolic OH excluding ortho intramolecular Hbond substituents is 2. The Hall–Kier alpha value is -4.96. The quantitative estimate of drug-likeness (QED) is 0.188. The van der Waals surface area contributed by atoms with E-state index >= 15 is 0 Å². The van der Waals surface area contributed by atoms with Crippen LogP contribution >= 0.6 is 0 Å². The fraction of sp³-hybridized carbons (Fsp3) is 0.158. The molecule has 5 aromatic carbocycles. The van der Waals surface area contributed by atoms with Gasteiger partial charge in [0.15, 0.2) is 0 Å². The number of phenols is 2. The molecule has 2 N–H and O–H groups in total. The molecule has 42 heavy (non-hydrogen) atoms. The minimum absolute atomic E-state index is 0.185. The Bertz CT molecular complexity index is 1590. The summed E-state index contributed by atoms with van der Waals surface area (Å²) in [7, 11) is 0. The van der Waals surface area contributed by atoms with E-state index in [4.69, 9.17) is 0 Å². The Balaban J connectivity index is 1.32. The predicted octanol–water partition coefficient (Wildman–Crippen LogP) is 9.25. The number of rotatable bonds is 8. The number of nitrogens with zero attached hydrogens (tertiary/aromatic N) is 2. The number of aliphatic imine (C=N–C) groups is 2. The Morgan fingerprint density at radius 3 is 1.17 bits per heavy atom. The molecule has 4 heteroatoms. The molecule has 0 bridgehead atoms. The van der Waals surface area contributed by atoms with Gasteiger partial charge in [-0.1, -0.05) is 100 Å². The lowest BCUT2D eigenvalue weighted by Gasteiger charge is -2.26. The molecule has 210 valence electrons. The topological polar surface area (TPSA) is 65.2 Å². The highest BCUT2D eigenvalue weighted by atomic mass is 16.3. The first-order chi connectivity index (χ1) is 20.1. The van der Waals surface area contributed by atoms with Crippen molar-refractivity contribution in [3.63, 3.8) is 0 Å². The maximum Gasteiger partial charge on any atom is 0.124 e. The van der Waals surface area contributed by atoms with Gasteiger partial charge < -0.3 is 10.2 Å². The molecule has 0 saturated heterocycles. The van der Waals surface area contributed by atoms with Gasteiger partial charge in [0.25, 0.3) is 0 Å². The van der Waals surface area contributed by atoms with E-state index in [0.29, 0.717) is 11.1 Å². The molecule has 0 atom stereocenters. The lowest BCUT2D eigenvalue weighted by molar-refractivity contribution is 0.473. The molecule has 0 aromatic heterocycles. The zero-order valence-electron chi connectivity index (χ0n) is 24.5. The van der Waals surface area contributed by atoms with E-state index < -0.39 is 0 Å². The monoisotopic (exact) mass is 552 g/mol. The average molecular weight is 553 g/mol. The second kappa shape index (κ2) is 11.9. The summed E-state index contributed by atoms with van der Waals surface area (Å²) in [4.78, 5) is 9.19. The molecule has 0 aliphatic heterocycles. The van der Waals surface area contributed by atoms with Crippen LogP contribution in [-0.2, 0) is 10.8 Å². The van der Waals surface area contributed by atoms with Crippen molar-refractivity contribution in [2.45, 2.75) is 38.5 Å². The van der Waals surface area contributed by atoms with Crippen LogP contribution < -0.4 is 0 Å². The van der Waals surface area contributed by atoms with Crippen LogP contribution in [0.2, 0.25) is 0 Å². The summed E-state index contributed by atoms with van der Waals surface area (Å²) in [6.45, 7) is 8.70. The van der Waals surface area contributed by atoms with Gasteiger partial charge in [-0.15, -0.1) is 0 Å². The highest BCUT2D eigenvalue weighted by Gasteiger charge is 2.24. The normalized spacial score (nSPS) is 12.3. The highest BCUT2D eigenvalue weighted by Crippen LogP contribution is 2.35. The SMILES string of the molecule is CC(C)(c1ccccc1)c1ccc(O)c(C=Nc2ccc(N=Cc3cc(C(C)(C)c4ccccc4)ccc3O)cc2)c1. The summed E-state index contributed by atoms with van der Waals surface area (Å²) in [6, 6.07) is 39.6. The van der Waals surface area contributed by atoms with Crippen LogP contribution in [0, 0.1) is 0 Å². The molecular weight excluding hydrogens is 516 g/mol. The van der Waals surface area contributed by atoms with Crippen LogP contribution in [-0.4, -0.2) is 22.6 Å². The van der Waals surface area contributed by atoms with Crippen LogP contribution in [0.15, 0.2) is 131 Å². The Morgan fingerprint density at radius 1 is 0.452 bits per heavy atom. The largest absolute Gasteiger partial charge is 0.507 e. The summed E-state index contributed by atoms with van der Waals surface area (Å²) < 4.78 is 0. The molecule has 0 radical (unpaired) electrons. The smallest absolute Gasteiger partial charge is 0.124 e. The summed E-state index contributed by atoms with van der Waals surface area (Å²) in [6.07, 6.45) is 3.38. The van der Waals surface area contributed by atoms with E-state index in [1.807, 2.05) is 84.9 Å². The van der Waals surface area contributed by atoms with Gasteiger partial charge in [0.2, 0.25) is 0 Å². The van der Waals surface area contributed by atoms with Gasteiger partial charge >= 0.3 is 0 Å². The van der Waals surface area contributed by atoms with E-state index in [1.165, 1.54) is 11.1 Å². The molecule has 0 spiro atoms. The van der Waals surface area contributed by atoms with Crippen LogP contribution in [0.4, 0.5) is 11.4 Å².